The van der Waals surface area contributed by atoms with Crippen LogP contribution in [0.15, 0.2) is 72.1 Å². The van der Waals surface area contributed by atoms with Gasteiger partial charge in [-0.2, -0.15) is 0 Å². The molecule has 0 atom stereocenters. The fourth-order valence-electron chi connectivity index (χ4n) is 3.76. The van der Waals surface area contributed by atoms with Gasteiger partial charge in [0.2, 0.25) is 0 Å². The Kier molecular flexibility index (Phi) is 8.55. The van der Waals surface area contributed by atoms with Crippen molar-refractivity contribution >= 4 is 28.7 Å². The van der Waals surface area contributed by atoms with Crippen molar-refractivity contribution in [3.8, 4) is 0 Å². The van der Waals surface area contributed by atoms with E-state index in [0.717, 1.165) is 40.5 Å². The van der Waals surface area contributed by atoms with Crippen molar-refractivity contribution in [2.24, 2.45) is 0 Å². The average Bonchev–Trinajstić information content (AvgIpc) is 3.21. The van der Waals surface area contributed by atoms with Gasteiger partial charge >= 0.3 is 0 Å². The Labute approximate surface area is 211 Å². The van der Waals surface area contributed by atoms with Crippen molar-refractivity contribution in [2.75, 3.05) is 13.2 Å². The first-order chi connectivity index (χ1) is 17.0. The van der Waals surface area contributed by atoms with Crippen LogP contribution < -0.4 is 5.32 Å². The molecule has 2 aromatic carbocycles. The summed E-state index contributed by atoms with van der Waals surface area (Å²) >= 11 is 1.70. The summed E-state index contributed by atoms with van der Waals surface area (Å²) in [7, 11) is 0. The summed E-state index contributed by atoms with van der Waals surface area (Å²) in [5.74, 6) is 0.708. The maximum absolute atomic E-state index is 12.4. The number of thioether (sulfide) groups is 1. The Morgan fingerprint density at radius 2 is 1.91 bits per heavy atom. The minimum Gasteiger partial charge on any atom is -0.379 e. The van der Waals surface area contributed by atoms with Crippen LogP contribution in [0.25, 0.3) is 11.0 Å². The normalized spacial score (nSPS) is 11.3. The van der Waals surface area contributed by atoms with Crippen molar-refractivity contribution in [3.63, 3.8) is 0 Å². The third kappa shape index (κ3) is 6.71. The second-order valence-electron chi connectivity index (χ2n) is 8.79. The first-order valence-corrected chi connectivity index (χ1v) is 13.0. The van der Waals surface area contributed by atoms with Gasteiger partial charge in [-0.1, -0.05) is 48.2 Å². The molecule has 35 heavy (non-hydrogen) atoms. The van der Waals surface area contributed by atoms with Crippen LogP contribution in [-0.4, -0.2) is 39.7 Å². The van der Waals surface area contributed by atoms with E-state index in [1.807, 2.05) is 50.4 Å². The van der Waals surface area contributed by atoms with E-state index in [0.29, 0.717) is 18.7 Å². The van der Waals surface area contributed by atoms with Crippen LogP contribution in [0.1, 0.15) is 47.3 Å². The third-order valence-corrected chi connectivity index (χ3v) is 6.79. The maximum atomic E-state index is 12.4. The molecule has 2 aromatic heterocycles. The number of rotatable bonds is 11. The molecule has 6 nitrogen and oxygen atoms in total. The molecule has 4 aromatic rings. The minimum atomic E-state index is -0.0544. The lowest BCUT2D eigenvalue weighted by atomic mass is 10.1. The van der Waals surface area contributed by atoms with Crippen LogP contribution in [0.4, 0.5) is 0 Å². The second-order valence-corrected chi connectivity index (χ2v) is 9.73. The number of benzene rings is 2. The molecule has 0 radical (unpaired) electrons. The Balaban J connectivity index is 1.39. The van der Waals surface area contributed by atoms with Crippen molar-refractivity contribution in [2.45, 2.75) is 50.8 Å². The predicted octanol–water partition coefficient (Wildman–Crippen LogP) is 5.63. The highest BCUT2D eigenvalue weighted by molar-refractivity contribution is 7.98. The van der Waals surface area contributed by atoms with Gasteiger partial charge in [-0.25, -0.2) is 4.98 Å². The van der Waals surface area contributed by atoms with E-state index in [2.05, 4.69) is 46.1 Å². The molecule has 0 bridgehead atoms. The Morgan fingerprint density at radius 3 is 2.69 bits per heavy atom. The molecule has 2 heterocycles. The van der Waals surface area contributed by atoms with Gasteiger partial charge in [0.15, 0.2) is 5.16 Å². The standard InChI is InChI=1S/C28H32N4O2S/c1-20(2)34-16-6-14-30-27(33)23-11-9-22(10-12-23)19-35-28-31-25-13-15-29-17-26(25)32(28)18-24-8-5-4-7-21(24)3/h4-5,7-13,15,17,20H,6,14,16,18-19H2,1-3H3,(H,30,33). The molecule has 0 fully saturated rings. The van der Waals surface area contributed by atoms with Gasteiger partial charge < -0.3 is 14.6 Å². The van der Waals surface area contributed by atoms with Gasteiger partial charge in [0, 0.05) is 30.7 Å². The number of nitrogens with zero attached hydrogens (tertiary/aromatic N) is 3. The lowest BCUT2D eigenvalue weighted by Gasteiger charge is -2.11. The SMILES string of the molecule is Cc1ccccc1Cn1c(SCc2ccc(C(=O)NCCCOC(C)C)cc2)nc2ccncc21. The fourth-order valence-corrected chi connectivity index (χ4v) is 4.73. The molecule has 0 aliphatic carbocycles. The first kappa shape index (κ1) is 24.9. The molecular formula is C28H32N4O2S. The van der Waals surface area contributed by atoms with Crippen molar-refractivity contribution in [1.82, 2.24) is 19.9 Å². The fraction of sp³-hybridized carbons (Fsp3) is 0.321. The summed E-state index contributed by atoms with van der Waals surface area (Å²) in [5, 5.41) is 3.92. The smallest absolute Gasteiger partial charge is 0.251 e. The van der Waals surface area contributed by atoms with Crippen LogP contribution >= 0.6 is 11.8 Å². The average molecular weight is 489 g/mol. The number of amides is 1. The zero-order chi connectivity index (χ0) is 24.6. The zero-order valence-electron chi connectivity index (χ0n) is 20.5. The number of fused-ring (bicyclic) bond motifs is 1. The van der Waals surface area contributed by atoms with Crippen LogP contribution in [0.5, 0.6) is 0 Å². The van der Waals surface area contributed by atoms with Gasteiger partial charge in [-0.15, -0.1) is 0 Å². The van der Waals surface area contributed by atoms with Crippen molar-refractivity contribution in [3.05, 3.63) is 89.2 Å². The number of carbonyl (C=O) groups excluding carboxylic acids is 1. The Morgan fingerprint density at radius 1 is 1.11 bits per heavy atom. The van der Waals surface area contributed by atoms with E-state index in [-0.39, 0.29) is 12.0 Å². The molecule has 7 heteroatoms. The summed E-state index contributed by atoms with van der Waals surface area (Å²) in [5.41, 5.74) is 6.32. The summed E-state index contributed by atoms with van der Waals surface area (Å²) in [4.78, 5) is 21.6. The highest BCUT2D eigenvalue weighted by Crippen LogP contribution is 2.28. The number of aromatic nitrogens is 3. The molecule has 0 saturated carbocycles. The van der Waals surface area contributed by atoms with Gasteiger partial charge in [0.25, 0.3) is 5.91 Å². The topological polar surface area (TPSA) is 69.0 Å². The molecule has 0 aliphatic heterocycles. The highest BCUT2D eigenvalue weighted by atomic mass is 32.2. The maximum Gasteiger partial charge on any atom is 0.251 e. The van der Waals surface area contributed by atoms with Crippen molar-refractivity contribution < 1.29 is 9.53 Å². The summed E-state index contributed by atoms with van der Waals surface area (Å²) in [6, 6.07) is 18.2. The number of hydrogen-bond acceptors (Lipinski definition) is 5. The second kappa shape index (κ2) is 12.0. The largest absolute Gasteiger partial charge is 0.379 e. The lowest BCUT2D eigenvalue weighted by Crippen LogP contribution is -2.25. The van der Waals surface area contributed by atoms with Gasteiger partial charge in [-0.3, -0.25) is 9.78 Å². The number of imidazole rings is 1. The summed E-state index contributed by atoms with van der Waals surface area (Å²) in [6.45, 7) is 8.16. The van der Waals surface area contributed by atoms with Gasteiger partial charge in [0.1, 0.15) is 0 Å². The quantitative estimate of drug-likeness (QED) is 0.219. The summed E-state index contributed by atoms with van der Waals surface area (Å²) < 4.78 is 7.75. The number of pyridine rings is 1. The summed E-state index contributed by atoms with van der Waals surface area (Å²) in [6.07, 6.45) is 4.68. The van der Waals surface area contributed by atoms with E-state index in [4.69, 9.17) is 9.72 Å². The first-order valence-electron chi connectivity index (χ1n) is 12.0. The number of nitrogens with one attached hydrogen (secondary N) is 1. The molecular weight excluding hydrogens is 456 g/mol. The monoisotopic (exact) mass is 488 g/mol. The van der Waals surface area contributed by atoms with Crippen LogP contribution in [0.3, 0.4) is 0 Å². The Bertz CT molecular complexity index is 1270. The Hall–Kier alpha value is -3.16. The van der Waals surface area contributed by atoms with E-state index in [9.17, 15) is 4.79 Å². The number of aryl methyl sites for hydroxylation is 1. The van der Waals surface area contributed by atoms with Crippen molar-refractivity contribution in [1.29, 1.82) is 0 Å². The van der Waals surface area contributed by atoms with E-state index in [1.165, 1.54) is 11.1 Å². The number of carbonyl (C=O) groups is 1. The highest BCUT2D eigenvalue weighted by Gasteiger charge is 2.13. The van der Waals surface area contributed by atoms with E-state index >= 15 is 0 Å². The van der Waals surface area contributed by atoms with Crippen LogP contribution in [-0.2, 0) is 17.0 Å². The van der Waals surface area contributed by atoms with E-state index in [1.54, 1.807) is 18.0 Å². The van der Waals surface area contributed by atoms with Gasteiger partial charge in [-0.05, 0) is 62.1 Å². The molecule has 1 N–H and O–H groups in total. The molecule has 4 rings (SSSR count). The van der Waals surface area contributed by atoms with Gasteiger partial charge in [0.05, 0.1) is 29.9 Å². The zero-order valence-corrected chi connectivity index (χ0v) is 21.3. The number of ether oxygens (including phenoxy) is 1. The number of hydrogen-bond donors (Lipinski definition) is 1. The predicted molar refractivity (Wildman–Crippen MR) is 142 cm³/mol. The third-order valence-electron chi connectivity index (χ3n) is 5.75. The molecule has 182 valence electrons. The molecule has 0 spiro atoms. The lowest BCUT2D eigenvalue weighted by molar-refractivity contribution is 0.0757. The molecule has 0 unspecified atom stereocenters. The minimum absolute atomic E-state index is 0.0544. The van der Waals surface area contributed by atoms with Crippen LogP contribution in [0, 0.1) is 6.92 Å². The van der Waals surface area contributed by atoms with E-state index < -0.39 is 0 Å². The molecule has 0 saturated heterocycles. The molecule has 1 amide bonds. The molecule has 0 aliphatic rings. The van der Waals surface area contributed by atoms with Crippen LogP contribution in [0.2, 0.25) is 0 Å².